The number of benzene rings is 1. The van der Waals surface area contributed by atoms with Gasteiger partial charge in [-0.3, -0.25) is 4.90 Å². The fourth-order valence-electron chi connectivity index (χ4n) is 2.69. The number of nitrogens with zero attached hydrogens (tertiary/aromatic N) is 1. The Morgan fingerprint density at radius 3 is 2.63 bits per heavy atom. The highest BCUT2D eigenvalue weighted by Gasteiger charge is 2.23. The van der Waals surface area contributed by atoms with E-state index in [1.165, 1.54) is 12.0 Å². The van der Waals surface area contributed by atoms with Gasteiger partial charge < -0.3 is 14.8 Å². The van der Waals surface area contributed by atoms with Crippen LogP contribution in [0.3, 0.4) is 0 Å². The van der Waals surface area contributed by atoms with E-state index in [1.54, 1.807) is 14.2 Å². The fourth-order valence-corrected chi connectivity index (χ4v) is 2.69. The standard InChI is InChI=1S/C15H24N2O2/c1-11-8-15(19-4)12(9-14(11)18-3)13-10-16-6-5-7-17(13)2/h8-9,13,16H,5-7,10H2,1-4H3. The van der Waals surface area contributed by atoms with Gasteiger partial charge in [-0.2, -0.15) is 0 Å². The lowest BCUT2D eigenvalue weighted by molar-refractivity contribution is 0.254. The Morgan fingerprint density at radius 1 is 1.21 bits per heavy atom. The second kappa shape index (κ2) is 6.26. The van der Waals surface area contributed by atoms with Crippen molar-refractivity contribution in [2.75, 3.05) is 40.9 Å². The minimum Gasteiger partial charge on any atom is -0.496 e. The number of hydrogen-bond donors (Lipinski definition) is 1. The number of hydrogen-bond acceptors (Lipinski definition) is 4. The zero-order valence-corrected chi connectivity index (χ0v) is 12.3. The fraction of sp³-hybridized carbons (Fsp3) is 0.600. The second-order valence-electron chi connectivity index (χ2n) is 5.12. The molecule has 1 aliphatic rings. The summed E-state index contributed by atoms with van der Waals surface area (Å²) in [6.07, 6.45) is 1.18. The zero-order chi connectivity index (χ0) is 13.8. The number of methoxy groups -OCH3 is 2. The van der Waals surface area contributed by atoms with Crippen LogP contribution >= 0.6 is 0 Å². The average Bonchev–Trinajstić information content (AvgIpc) is 2.63. The first-order valence-electron chi connectivity index (χ1n) is 6.81. The maximum atomic E-state index is 5.56. The average molecular weight is 264 g/mol. The molecule has 1 saturated heterocycles. The molecule has 2 rings (SSSR count). The number of likely N-dealkylation sites (N-methyl/N-ethyl adjacent to an activating group) is 1. The molecule has 1 N–H and O–H groups in total. The van der Waals surface area contributed by atoms with Gasteiger partial charge in [-0.1, -0.05) is 0 Å². The Bertz CT molecular complexity index is 434. The Kier molecular flexibility index (Phi) is 4.66. The van der Waals surface area contributed by atoms with Crippen molar-refractivity contribution in [3.8, 4) is 11.5 Å². The molecule has 4 nitrogen and oxygen atoms in total. The van der Waals surface area contributed by atoms with Gasteiger partial charge in [0.2, 0.25) is 0 Å². The molecule has 4 heteroatoms. The molecule has 1 aromatic rings. The lowest BCUT2D eigenvalue weighted by atomic mass is 10.0. The van der Waals surface area contributed by atoms with E-state index >= 15 is 0 Å². The van der Waals surface area contributed by atoms with E-state index in [-0.39, 0.29) is 0 Å². The van der Waals surface area contributed by atoms with Gasteiger partial charge >= 0.3 is 0 Å². The van der Waals surface area contributed by atoms with Gasteiger partial charge in [-0.15, -0.1) is 0 Å². The van der Waals surface area contributed by atoms with Crippen molar-refractivity contribution in [1.82, 2.24) is 10.2 Å². The molecule has 0 radical (unpaired) electrons. The van der Waals surface area contributed by atoms with Crippen molar-refractivity contribution in [2.45, 2.75) is 19.4 Å². The van der Waals surface area contributed by atoms with Crippen LogP contribution in [-0.4, -0.2) is 45.8 Å². The first-order chi connectivity index (χ1) is 9.17. The van der Waals surface area contributed by atoms with E-state index in [1.807, 2.05) is 6.92 Å². The highest BCUT2D eigenvalue weighted by molar-refractivity contribution is 5.47. The molecule has 0 bridgehead atoms. The van der Waals surface area contributed by atoms with Gasteiger partial charge in [0.1, 0.15) is 11.5 Å². The number of rotatable bonds is 3. The van der Waals surface area contributed by atoms with Crippen LogP contribution in [0.4, 0.5) is 0 Å². The minimum atomic E-state index is 0.326. The third kappa shape index (κ3) is 3.01. The summed E-state index contributed by atoms with van der Waals surface area (Å²) in [5.74, 6) is 1.87. The zero-order valence-electron chi connectivity index (χ0n) is 12.3. The summed E-state index contributed by atoms with van der Waals surface area (Å²) in [7, 11) is 5.62. The summed E-state index contributed by atoms with van der Waals surface area (Å²) in [6, 6.07) is 4.50. The maximum absolute atomic E-state index is 5.56. The Morgan fingerprint density at radius 2 is 1.95 bits per heavy atom. The van der Waals surface area contributed by atoms with E-state index in [0.717, 1.165) is 36.7 Å². The van der Waals surface area contributed by atoms with Crippen molar-refractivity contribution >= 4 is 0 Å². The van der Waals surface area contributed by atoms with Gasteiger partial charge in [0.15, 0.2) is 0 Å². The number of ether oxygens (including phenoxy) is 2. The molecule has 1 atom stereocenters. The predicted molar refractivity (Wildman–Crippen MR) is 77.1 cm³/mol. The van der Waals surface area contributed by atoms with Crippen LogP contribution in [-0.2, 0) is 0 Å². The molecule has 106 valence electrons. The molecule has 0 aliphatic carbocycles. The summed E-state index contributed by atoms with van der Waals surface area (Å²) in [5, 5.41) is 3.49. The van der Waals surface area contributed by atoms with E-state index in [2.05, 4.69) is 29.4 Å². The number of nitrogens with one attached hydrogen (secondary N) is 1. The normalized spacial score (nSPS) is 20.9. The second-order valence-corrected chi connectivity index (χ2v) is 5.12. The maximum Gasteiger partial charge on any atom is 0.124 e. The van der Waals surface area contributed by atoms with E-state index < -0.39 is 0 Å². The van der Waals surface area contributed by atoms with Crippen molar-refractivity contribution in [1.29, 1.82) is 0 Å². The summed E-state index contributed by atoms with van der Waals surface area (Å²) in [6.45, 7) is 5.16. The summed E-state index contributed by atoms with van der Waals surface area (Å²) in [5.41, 5.74) is 2.30. The molecule has 0 spiro atoms. The van der Waals surface area contributed by atoms with Gasteiger partial charge in [0.05, 0.1) is 20.3 Å². The van der Waals surface area contributed by atoms with Crippen LogP contribution in [0.1, 0.15) is 23.6 Å². The van der Waals surface area contributed by atoms with Crippen LogP contribution in [0.25, 0.3) is 0 Å². The molecule has 19 heavy (non-hydrogen) atoms. The monoisotopic (exact) mass is 264 g/mol. The quantitative estimate of drug-likeness (QED) is 0.905. The molecule has 1 aliphatic heterocycles. The molecule has 1 fully saturated rings. The molecular weight excluding hydrogens is 240 g/mol. The SMILES string of the molecule is COc1cc(C2CNCCCN2C)c(OC)cc1C. The van der Waals surface area contributed by atoms with Gasteiger partial charge in [0.25, 0.3) is 0 Å². The largest absolute Gasteiger partial charge is 0.496 e. The number of aryl methyl sites for hydroxylation is 1. The van der Waals surface area contributed by atoms with Gasteiger partial charge in [0, 0.05) is 12.1 Å². The Labute approximate surface area is 115 Å². The third-order valence-corrected chi connectivity index (χ3v) is 3.84. The van der Waals surface area contributed by atoms with Crippen molar-refractivity contribution in [3.05, 3.63) is 23.3 Å². The third-order valence-electron chi connectivity index (χ3n) is 3.84. The lowest BCUT2D eigenvalue weighted by Crippen LogP contribution is -2.29. The van der Waals surface area contributed by atoms with E-state index in [0.29, 0.717) is 6.04 Å². The smallest absolute Gasteiger partial charge is 0.124 e. The van der Waals surface area contributed by atoms with Gasteiger partial charge in [-0.25, -0.2) is 0 Å². The summed E-state index contributed by atoms with van der Waals surface area (Å²) in [4.78, 5) is 2.38. The van der Waals surface area contributed by atoms with E-state index in [9.17, 15) is 0 Å². The summed E-state index contributed by atoms with van der Waals surface area (Å²) >= 11 is 0. The van der Waals surface area contributed by atoms with Crippen LogP contribution in [0.15, 0.2) is 12.1 Å². The molecule has 1 aromatic carbocycles. The van der Waals surface area contributed by atoms with Crippen molar-refractivity contribution < 1.29 is 9.47 Å². The molecule has 0 saturated carbocycles. The lowest BCUT2D eigenvalue weighted by Gasteiger charge is -2.28. The highest BCUT2D eigenvalue weighted by Crippen LogP contribution is 2.34. The van der Waals surface area contributed by atoms with Crippen LogP contribution < -0.4 is 14.8 Å². The van der Waals surface area contributed by atoms with Crippen molar-refractivity contribution in [2.24, 2.45) is 0 Å². The van der Waals surface area contributed by atoms with Crippen LogP contribution in [0.5, 0.6) is 11.5 Å². The molecule has 0 amide bonds. The minimum absolute atomic E-state index is 0.326. The molecular formula is C15H24N2O2. The topological polar surface area (TPSA) is 33.7 Å². The highest BCUT2D eigenvalue weighted by atomic mass is 16.5. The van der Waals surface area contributed by atoms with Crippen molar-refractivity contribution in [3.63, 3.8) is 0 Å². The molecule has 0 aromatic heterocycles. The Balaban J connectivity index is 2.40. The summed E-state index contributed by atoms with van der Waals surface area (Å²) < 4.78 is 11.0. The molecule has 1 heterocycles. The predicted octanol–water partition coefficient (Wildman–Crippen LogP) is 1.98. The van der Waals surface area contributed by atoms with E-state index in [4.69, 9.17) is 9.47 Å². The Hall–Kier alpha value is -1.26. The van der Waals surface area contributed by atoms with Crippen LogP contribution in [0.2, 0.25) is 0 Å². The first-order valence-corrected chi connectivity index (χ1v) is 6.81. The van der Waals surface area contributed by atoms with Crippen LogP contribution in [0, 0.1) is 6.92 Å². The molecule has 1 unspecified atom stereocenters. The van der Waals surface area contributed by atoms with Gasteiger partial charge in [-0.05, 0) is 51.2 Å². The first kappa shape index (κ1) is 14.2.